The molecule has 1 aromatic rings. The minimum absolute atomic E-state index is 0.0969. The Bertz CT molecular complexity index is 519. The van der Waals surface area contributed by atoms with Gasteiger partial charge in [0.1, 0.15) is 4.99 Å². The van der Waals surface area contributed by atoms with Crippen molar-refractivity contribution in [1.82, 2.24) is 0 Å². The predicted octanol–water partition coefficient (Wildman–Crippen LogP) is 2.56. The molecule has 20 heavy (non-hydrogen) atoms. The fraction of sp³-hybridized carbons (Fsp3) is 0.462. The first-order valence-corrected chi connectivity index (χ1v) is 6.57. The van der Waals surface area contributed by atoms with Gasteiger partial charge in [-0.2, -0.15) is 13.2 Å². The van der Waals surface area contributed by atoms with Gasteiger partial charge in [0.05, 0.1) is 18.8 Å². The van der Waals surface area contributed by atoms with E-state index in [0.717, 1.165) is 6.07 Å². The van der Waals surface area contributed by atoms with Crippen LogP contribution in [0.4, 0.5) is 18.9 Å². The number of morpholine rings is 1. The second-order valence-electron chi connectivity index (χ2n) is 4.71. The summed E-state index contributed by atoms with van der Waals surface area (Å²) in [5, 5.41) is 0. The number of thiocarbonyl (C=S) groups is 1. The molecular formula is C13H15F3N2OS. The zero-order chi connectivity index (χ0) is 14.9. The van der Waals surface area contributed by atoms with Crippen molar-refractivity contribution in [2.75, 3.05) is 24.7 Å². The Hall–Kier alpha value is -1.34. The van der Waals surface area contributed by atoms with E-state index in [1.165, 1.54) is 12.1 Å². The summed E-state index contributed by atoms with van der Waals surface area (Å²) in [4.78, 5) is 1.74. The Labute approximate surface area is 120 Å². The van der Waals surface area contributed by atoms with Crippen LogP contribution in [0, 0.1) is 0 Å². The van der Waals surface area contributed by atoms with Gasteiger partial charge in [-0.25, -0.2) is 0 Å². The van der Waals surface area contributed by atoms with E-state index in [9.17, 15) is 13.2 Å². The molecule has 110 valence electrons. The predicted molar refractivity (Wildman–Crippen MR) is 75.0 cm³/mol. The zero-order valence-corrected chi connectivity index (χ0v) is 11.7. The lowest BCUT2D eigenvalue weighted by Gasteiger charge is -2.35. The molecule has 1 fully saturated rings. The molecule has 7 heteroatoms. The Morgan fingerprint density at radius 1 is 1.45 bits per heavy atom. The highest BCUT2D eigenvalue weighted by molar-refractivity contribution is 7.80. The van der Waals surface area contributed by atoms with Gasteiger partial charge in [-0.1, -0.05) is 12.2 Å². The van der Waals surface area contributed by atoms with E-state index >= 15 is 0 Å². The summed E-state index contributed by atoms with van der Waals surface area (Å²) in [6.45, 7) is 3.68. The van der Waals surface area contributed by atoms with Gasteiger partial charge >= 0.3 is 6.18 Å². The van der Waals surface area contributed by atoms with E-state index in [4.69, 9.17) is 22.7 Å². The molecule has 0 radical (unpaired) electrons. The van der Waals surface area contributed by atoms with Crippen molar-refractivity contribution in [2.45, 2.75) is 19.1 Å². The number of rotatable bonds is 2. The maximum absolute atomic E-state index is 12.9. The first-order chi connectivity index (χ1) is 9.30. The van der Waals surface area contributed by atoms with Crippen molar-refractivity contribution in [2.24, 2.45) is 5.73 Å². The molecule has 2 rings (SSSR count). The Balaban J connectivity index is 2.42. The number of alkyl halides is 3. The summed E-state index contributed by atoms with van der Waals surface area (Å²) < 4.78 is 44.0. The molecule has 0 saturated carbocycles. The van der Waals surface area contributed by atoms with Crippen LogP contribution in [-0.2, 0) is 10.9 Å². The van der Waals surface area contributed by atoms with Crippen LogP contribution < -0.4 is 10.6 Å². The highest BCUT2D eigenvalue weighted by Crippen LogP contribution is 2.34. The summed E-state index contributed by atoms with van der Waals surface area (Å²) >= 11 is 4.74. The van der Waals surface area contributed by atoms with Gasteiger partial charge < -0.3 is 15.4 Å². The first-order valence-electron chi connectivity index (χ1n) is 6.16. The topological polar surface area (TPSA) is 38.5 Å². The Morgan fingerprint density at radius 3 is 2.70 bits per heavy atom. The van der Waals surface area contributed by atoms with E-state index in [1.54, 1.807) is 0 Å². The number of hydrogen-bond acceptors (Lipinski definition) is 3. The average Bonchev–Trinajstić information content (AvgIpc) is 2.37. The van der Waals surface area contributed by atoms with Crippen molar-refractivity contribution in [3.8, 4) is 0 Å². The highest BCUT2D eigenvalue weighted by atomic mass is 32.1. The number of nitrogens with two attached hydrogens (primary N) is 1. The van der Waals surface area contributed by atoms with E-state index in [-0.39, 0.29) is 16.6 Å². The number of ether oxygens (including phenoxy) is 1. The van der Waals surface area contributed by atoms with Crippen LogP contribution >= 0.6 is 12.2 Å². The fourth-order valence-electron chi connectivity index (χ4n) is 2.27. The van der Waals surface area contributed by atoms with Crippen molar-refractivity contribution in [1.29, 1.82) is 0 Å². The van der Waals surface area contributed by atoms with E-state index in [1.807, 2.05) is 11.8 Å². The minimum atomic E-state index is -4.46. The summed E-state index contributed by atoms with van der Waals surface area (Å²) in [6, 6.07) is 3.99. The molecule has 1 aromatic carbocycles. The Kier molecular flexibility index (Phi) is 4.19. The van der Waals surface area contributed by atoms with Crippen LogP contribution in [0.5, 0.6) is 0 Å². The molecule has 1 unspecified atom stereocenters. The number of anilines is 1. The molecule has 1 atom stereocenters. The molecule has 0 bridgehead atoms. The second kappa shape index (κ2) is 5.57. The van der Waals surface area contributed by atoms with Crippen LogP contribution in [0.2, 0.25) is 0 Å². The zero-order valence-electron chi connectivity index (χ0n) is 10.9. The third-order valence-corrected chi connectivity index (χ3v) is 3.49. The van der Waals surface area contributed by atoms with Gasteiger partial charge in [0, 0.05) is 23.8 Å². The number of benzene rings is 1. The summed E-state index contributed by atoms with van der Waals surface area (Å²) in [7, 11) is 0. The van der Waals surface area contributed by atoms with Crippen molar-refractivity contribution >= 4 is 22.9 Å². The molecule has 2 N–H and O–H groups in total. The monoisotopic (exact) mass is 304 g/mol. The quantitative estimate of drug-likeness (QED) is 0.852. The molecule has 0 aromatic heterocycles. The molecule has 0 amide bonds. The maximum Gasteiger partial charge on any atom is 0.417 e. The standard InChI is InChI=1S/C13H15F3N2OS/c1-8-7-19-5-4-18(8)9-2-3-11(13(14,15)16)10(6-9)12(17)20/h2-3,6,8H,4-5,7H2,1H3,(H2,17,20). The van der Waals surface area contributed by atoms with Gasteiger partial charge in [-0.15, -0.1) is 0 Å². The van der Waals surface area contributed by atoms with Gasteiger partial charge in [-0.3, -0.25) is 0 Å². The Morgan fingerprint density at radius 2 is 2.15 bits per heavy atom. The van der Waals surface area contributed by atoms with Crippen molar-refractivity contribution in [3.05, 3.63) is 29.3 Å². The molecule has 1 saturated heterocycles. The molecule has 3 nitrogen and oxygen atoms in total. The molecule has 0 aliphatic carbocycles. The molecule has 1 aliphatic heterocycles. The second-order valence-corrected chi connectivity index (χ2v) is 5.15. The molecule has 1 heterocycles. The maximum atomic E-state index is 12.9. The van der Waals surface area contributed by atoms with Gasteiger partial charge in [0.2, 0.25) is 0 Å². The van der Waals surface area contributed by atoms with Crippen LogP contribution in [-0.4, -0.2) is 30.8 Å². The third kappa shape index (κ3) is 3.04. The van der Waals surface area contributed by atoms with Gasteiger partial charge in [-0.05, 0) is 25.1 Å². The van der Waals surface area contributed by atoms with Gasteiger partial charge in [0.15, 0.2) is 0 Å². The fourth-order valence-corrected chi connectivity index (χ4v) is 2.44. The summed E-state index contributed by atoms with van der Waals surface area (Å²) in [5.41, 5.74) is 5.18. The number of nitrogens with zero attached hydrogens (tertiary/aromatic N) is 1. The van der Waals surface area contributed by atoms with Crippen LogP contribution in [0.25, 0.3) is 0 Å². The van der Waals surface area contributed by atoms with Crippen LogP contribution in [0.15, 0.2) is 18.2 Å². The van der Waals surface area contributed by atoms with E-state index < -0.39 is 11.7 Å². The lowest BCUT2D eigenvalue weighted by Crippen LogP contribution is -2.43. The molecule has 1 aliphatic rings. The van der Waals surface area contributed by atoms with E-state index in [0.29, 0.717) is 25.4 Å². The van der Waals surface area contributed by atoms with E-state index in [2.05, 4.69) is 0 Å². The third-order valence-electron chi connectivity index (χ3n) is 3.27. The number of halogens is 3. The average molecular weight is 304 g/mol. The van der Waals surface area contributed by atoms with Crippen LogP contribution in [0.3, 0.4) is 0 Å². The SMILES string of the molecule is CC1COCCN1c1ccc(C(F)(F)F)c(C(N)=S)c1. The smallest absolute Gasteiger partial charge is 0.389 e. The largest absolute Gasteiger partial charge is 0.417 e. The summed E-state index contributed by atoms with van der Waals surface area (Å²) in [5.74, 6) is 0. The first kappa shape index (κ1) is 15.1. The summed E-state index contributed by atoms with van der Waals surface area (Å²) in [6.07, 6.45) is -4.46. The molecular weight excluding hydrogens is 289 g/mol. The number of hydrogen-bond donors (Lipinski definition) is 1. The van der Waals surface area contributed by atoms with Gasteiger partial charge in [0.25, 0.3) is 0 Å². The van der Waals surface area contributed by atoms with Crippen LogP contribution in [0.1, 0.15) is 18.1 Å². The van der Waals surface area contributed by atoms with Crippen molar-refractivity contribution in [3.63, 3.8) is 0 Å². The van der Waals surface area contributed by atoms with Crippen molar-refractivity contribution < 1.29 is 17.9 Å². The highest BCUT2D eigenvalue weighted by Gasteiger charge is 2.34. The molecule has 0 spiro atoms. The lowest BCUT2D eigenvalue weighted by molar-refractivity contribution is -0.137. The lowest BCUT2D eigenvalue weighted by atomic mass is 10.0. The normalized spacial score (nSPS) is 20.0. The minimum Gasteiger partial charge on any atom is -0.389 e.